The normalized spacial score (nSPS) is 12.6. The Hall–Kier alpha value is -3.40. The Morgan fingerprint density at radius 1 is 0.925 bits per heavy atom. The van der Waals surface area contributed by atoms with Crippen LogP contribution in [0.25, 0.3) is 0 Å². The van der Waals surface area contributed by atoms with E-state index in [2.05, 4.69) is 20.9 Å². The second-order valence-corrected chi connectivity index (χ2v) is 16.0. The van der Waals surface area contributed by atoms with Crippen molar-refractivity contribution in [2.45, 2.75) is 118 Å². The van der Waals surface area contributed by atoms with E-state index in [9.17, 15) is 40.7 Å². The summed E-state index contributed by atoms with van der Waals surface area (Å²) >= 11 is 0.499. The molecule has 15 heteroatoms. The highest BCUT2D eigenvalue weighted by Gasteiger charge is 2.40. The molecule has 0 fully saturated rings. The second kappa shape index (κ2) is 23.4. The summed E-state index contributed by atoms with van der Waals surface area (Å²) in [6.07, 6.45) is -3.25. The van der Waals surface area contributed by atoms with E-state index in [0.717, 1.165) is 23.1 Å². The fourth-order valence-electron chi connectivity index (χ4n) is 5.37. The van der Waals surface area contributed by atoms with Crippen LogP contribution in [0.15, 0.2) is 42.5 Å². The van der Waals surface area contributed by atoms with Gasteiger partial charge in [0, 0.05) is 19.6 Å². The van der Waals surface area contributed by atoms with Crippen LogP contribution in [0.4, 0.5) is 17.6 Å². The van der Waals surface area contributed by atoms with E-state index in [1.165, 1.54) is 24.6 Å². The highest BCUT2D eigenvalue weighted by Crippen LogP contribution is 2.34. The van der Waals surface area contributed by atoms with Gasteiger partial charge in [0.25, 0.3) is 5.91 Å². The molecule has 1 aromatic heterocycles. The Balaban J connectivity index is 0.00000110. The number of hydrogen-bond acceptors (Lipinski definition) is 8. The standard InChI is InChI=1S/C28H41F3N4O5S2.C8H9F.C2H6/c1-5-9-22(10-6-2)42(39,40)17-23(35-27(38)24-25(28(29,30)31)34-18(4)41-24)26(37)33-16-21(36)15-32-14-20-12-8-11-19(7-3)13-20;1-6-3-7(2)5-8(9)4-6;1-2/h8,11-13,21-23,32,36H,5-7,9-10,14-17H2,1-4H3,(H,33,37)(H,35,38);3-5H,1-2H3;1-2H3/t21-,23?;;/m1../s1. The molecular formula is C38H56F4N4O5S2. The molecule has 4 N–H and O–H groups in total. The average molecular weight is 789 g/mol. The lowest BCUT2D eigenvalue weighted by atomic mass is 10.1. The quantitative estimate of drug-likeness (QED) is 0.106. The van der Waals surface area contributed by atoms with Gasteiger partial charge in [-0.15, -0.1) is 11.3 Å². The summed E-state index contributed by atoms with van der Waals surface area (Å²) in [4.78, 5) is 28.7. The lowest BCUT2D eigenvalue weighted by molar-refractivity contribution is -0.141. The number of rotatable bonds is 17. The molecule has 0 aliphatic rings. The molecule has 1 unspecified atom stereocenters. The number of carbonyl (C=O) groups is 2. The summed E-state index contributed by atoms with van der Waals surface area (Å²) in [6.45, 7) is 15.1. The van der Waals surface area contributed by atoms with E-state index in [1.807, 2.05) is 78.8 Å². The van der Waals surface area contributed by atoms with Gasteiger partial charge in [0.15, 0.2) is 15.5 Å². The van der Waals surface area contributed by atoms with Crippen LogP contribution in [-0.2, 0) is 33.8 Å². The Labute approximate surface area is 316 Å². The number of aliphatic hydroxyl groups excluding tert-OH is 1. The summed E-state index contributed by atoms with van der Waals surface area (Å²) in [7, 11) is -3.93. The molecular weight excluding hydrogens is 733 g/mol. The largest absolute Gasteiger partial charge is 0.435 e. The number of benzene rings is 2. The molecule has 0 aliphatic carbocycles. The first-order valence-electron chi connectivity index (χ1n) is 17.9. The second-order valence-electron chi connectivity index (χ2n) is 12.5. The van der Waals surface area contributed by atoms with Gasteiger partial charge >= 0.3 is 6.18 Å². The Morgan fingerprint density at radius 3 is 2.04 bits per heavy atom. The smallest absolute Gasteiger partial charge is 0.390 e. The third-order valence-corrected chi connectivity index (χ3v) is 11.0. The van der Waals surface area contributed by atoms with Crippen LogP contribution in [0, 0.1) is 26.6 Å². The van der Waals surface area contributed by atoms with E-state index in [1.54, 1.807) is 0 Å². The molecule has 53 heavy (non-hydrogen) atoms. The maximum absolute atomic E-state index is 13.5. The predicted octanol–water partition coefficient (Wildman–Crippen LogP) is 7.25. The van der Waals surface area contributed by atoms with Crippen molar-refractivity contribution in [1.82, 2.24) is 20.9 Å². The first kappa shape index (κ1) is 47.6. The number of nitrogens with one attached hydrogen (secondary N) is 3. The van der Waals surface area contributed by atoms with Crippen molar-refractivity contribution >= 4 is 33.0 Å². The SMILES string of the molecule is CC.CCCC(CCC)S(=O)(=O)CC(NC(=O)c1sc(C)nc1C(F)(F)F)C(=O)NC[C@H](O)CNCc1cccc(CC)c1.Cc1cc(C)cc(F)c1. The zero-order chi connectivity index (χ0) is 40.4. The van der Waals surface area contributed by atoms with Gasteiger partial charge in [0.05, 0.1) is 22.1 Å². The molecule has 0 saturated carbocycles. The maximum atomic E-state index is 13.5. The minimum absolute atomic E-state index is 0.0101. The number of aryl methyl sites for hydroxylation is 4. The van der Waals surface area contributed by atoms with Crippen LogP contribution in [0.2, 0.25) is 0 Å². The number of alkyl halides is 3. The van der Waals surface area contributed by atoms with Crippen LogP contribution in [0.5, 0.6) is 0 Å². The van der Waals surface area contributed by atoms with Crippen LogP contribution < -0.4 is 16.0 Å². The number of aromatic nitrogens is 1. The zero-order valence-corrected chi connectivity index (χ0v) is 33.6. The Bertz CT molecular complexity index is 1630. The highest BCUT2D eigenvalue weighted by atomic mass is 32.2. The van der Waals surface area contributed by atoms with E-state index >= 15 is 0 Å². The number of carbonyl (C=O) groups excluding carboxylic acids is 2. The lowest BCUT2D eigenvalue weighted by Crippen LogP contribution is -2.53. The fourth-order valence-corrected chi connectivity index (χ4v) is 8.37. The Morgan fingerprint density at radius 2 is 1.51 bits per heavy atom. The van der Waals surface area contributed by atoms with Crippen molar-refractivity contribution in [1.29, 1.82) is 0 Å². The number of amides is 2. The molecule has 2 amide bonds. The van der Waals surface area contributed by atoms with Crippen molar-refractivity contribution in [3.05, 3.63) is 86.1 Å². The molecule has 1 heterocycles. The third kappa shape index (κ3) is 17.1. The number of thiazole rings is 1. The van der Waals surface area contributed by atoms with E-state index in [-0.39, 0.29) is 23.9 Å². The van der Waals surface area contributed by atoms with Gasteiger partial charge < -0.3 is 21.1 Å². The molecule has 2 atom stereocenters. The topological polar surface area (TPSA) is 137 Å². The first-order chi connectivity index (χ1) is 24.9. The molecule has 0 aliphatic heterocycles. The van der Waals surface area contributed by atoms with Gasteiger partial charge in [0.2, 0.25) is 5.91 Å². The summed E-state index contributed by atoms with van der Waals surface area (Å²) in [5, 5.41) is 17.3. The fraction of sp³-hybridized carbons (Fsp3) is 0.553. The van der Waals surface area contributed by atoms with Crippen molar-refractivity contribution in [2.75, 3.05) is 18.8 Å². The summed E-state index contributed by atoms with van der Waals surface area (Å²) in [6, 6.07) is 11.2. The molecule has 0 radical (unpaired) electrons. The van der Waals surface area contributed by atoms with Gasteiger partial charge in [-0.05, 0) is 74.4 Å². The van der Waals surface area contributed by atoms with Gasteiger partial charge in [0.1, 0.15) is 16.7 Å². The molecule has 0 bridgehead atoms. The number of sulfone groups is 1. The highest BCUT2D eigenvalue weighted by molar-refractivity contribution is 7.92. The molecule has 9 nitrogen and oxygen atoms in total. The van der Waals surface area contributed by atoms with Crippen molar-refractivity contribution in [3.8, 4) is 0 Å². The van der Waals surface area contributed by atoms with Crippen molar-refractivity contribution < 1.29 is 40.7 Å². The maximum Gasteiger partial charge on any atom is 0.435 e. The van der Waals surface area contributed by atoms with Crippen LogP contribution in [0.3, 0.4) is 0 Å². The average Bonchev–Trinajstić information content (AvgIpc) is 3.50. The van der Waals surface area contributed by atoms with E-state index in [4.69, 9.17) is 0 Å². The van der Waals surface area contributed by atoms with Gasteiger partial charge in [-0.1, -0.05) is 77.8 Å². The molecule has 0 saturated heterocycles. The molecule has 3 rings (SSSR count). The summed E-state index contributed by atoms with van der Waals surface area (Å²) in [5.74, 6) is -3.12. The van der Waals surface area contributed by atoms with Gasteiger partial charge in [-0.25, -0.2) is 17.8 Å². The van der Waals surface area contributed by atoms with Gasteiger partial charge in [-0.2, -0.15) is 13.2 Å². The predicted molar refractivity (Wildman–Crippen MR) is 204 cm³/mol. The lowest BCUT2D eigenvalue weighted by Gasteiger charge is -2.23. The monoisotopic (exact) mass is 788 g/mol. The van der Waals surface area contributed by atoms with Crippen LogP contribution in [-0.4, -0.2) is 66.6 Å². The number of hydrogen-bond donors (Lipinski definition) is 4. The minimum atomic E-state index is -4.91. The Kier molecular flexibility index (Phi) is 21.0. The molecule has 298 valence electrons. The summed E-state index contributed by atoms with van der Waals surface area (Å²) < 4.78 is 79.4. The van der Waals surface area contributed by atoms with Crippen LogP contribution in [0.1, 0.15) is 103 Å². The van der Waals surface area contributed by atoms with Gasteiger partial charge in [-0.3, -0.25) is 9.59 Å². The minimum Gasteiger partial charge on any atom is -0.390 e. The van der Waals surface area contributed by atoms with Crippen molar-refractivity contribution in [3.63, 3.8) is 0 Å². The molecule has 2 aromatic carbocycles. The number of halogens is 4. The van der Waals surface area contributed by atoms with Crippen molar-refractivity contribution in [2.24, 2.45) is 0 Å². The first-order valence-corrected chi connectivity index (χ1v) is 20.5. The number of nitrogens with zero attached hydrogens (tertiary/aromatic N) is 1. The third-order valence-electron chi connectivity index (χ3n) is 7.77. The molecule has 3 aromatic rings. The van der Waals surface area contributed by atoms with E-state index in [0.29, 0.717) is 43.6 Å². The zero-order valence-electron chi connectivity index (χ0n) is 32.0. The van der Waals surface area contributed by atoms with E-state index < -0.39 is 61.5 Å². The summed E-state index contributed by atoms with van der Waals surface area (Å²) in [5.41, 5.74) is 2.75. The van der Waals surface area contributed by atoms with Crippen LogP contribution >= 0.6 is 11.3 Å². The molecule has 0 spiro atoms. The number of aliphatic hydroxyl groups is 1.